The summed E-state index contributed by atoms with van der Waals surface area (Å²) in [5.41, 5.74) is 0. The predicted molar refractivity (Wildman–Crippen MR) is 73.8 cm³/mol. The maximum atomic E-state index is 11.9. The second-order valence-corrected chi connectivity index (χ2v) is 5.13. The highest BCUT2D eigenvalue weighted by atomic mass is 16.3. The molecule has 0 spiro atoms. The molecule has 1 aromatic heterocycles. The first-order valence-corrected chi connectivity index (χ1v) is 6.92. The van der Waals surface area contributed by atoms with Crippen molar-refractivity contribution in [1.82, 2.24) is 15.5 Å². The quantitative estimate of drug-likeness (QED) is 0.830. The molecule has 1 aliphatic heterocycles. The van der Waals surface area contributed by atoms with Gasteiger partial charge in [-0.05, 0) is 26.0 Å². The van der Waals surface area contributed by atoms with E-state index in [4.69, 9.17) is 4.42 Å². The SMILES string of the molecule is Cc1ccc(CNC(=O)CC(C)N2CCNCC2)o1. The maximum Gasteiger partial charge on any atom is 0.221 e. The molecule has 5 heteroatoms. The van der Waals surface area contributed by atoms with Crippen LogP contribution in [0.15, 0.2) is 16.5 Å². The number of carbonyl (C=O) groups excluding carboxylic acids is 1. The predicted octanol–water partition coefficient (Wildman–Crippen LogP) is 0.888. The average molecular weight is 265 g/mol. The number of nitrogens with one attached hydrogen (secondary N) is 2. The van der Waals surface area contributed by atoms with Gasteiger partial charge in [0.2, 0.25) is 5.91 Å². The molecule has 1 aromatic rings. The molecule has 19 heavy (non-hydrogen) atoms. The molecule has 1 amide bonds. The zero-order valence-corrected chi connectivity index (χ0v) is 11.7. The molecule has 1 unspecified atom stereocenters. The number of nitrogens with zero attached hydrogens (tertiary/aromatic N) is 1. The first kappa shape index (κ1) is 14.1. The Morgan fingerprint density at radius 2 is 2.21 bits per heavy atom. The minimum absolute atomic E-state index is 0.0834. The summed E-state index contributed by atoms with van der Waals surface area (Å²) < 4.78 is 5.42. The Morgan fingerprint density at radius 3 is 2.84 bits per heavy atom. The molecule has 2 heterocycles. The standard InChI is InChI=1S/C14H23N3O2/c1-11(17-7-5-15-6-8-17)9-14(18)16-10-13-4-3-12(2)19-13/h3-4,11,15H,5-10H2,1-2H3,(H,16,18). The maximum absolute atomic E-state index is 11.9. The fraction of sp³-hybridized carbons (Fsp3) is 0.643. The Hall–Kier alpha value is -1.33. The number of hydrogen-bond acceptors (Lipinski definition) is 4. The van der Waals surface area contributed by atoms with Crippen molar-refractivity contribution in [2.45, 2.75) is 32.9 Å². The lowest BCUT2D eigenvalue weighted by molar-refractivity contribution is -0.122. The van der Waals surface area contributed by atoms with Crippen LogP contribution in [0.2, 0.25) is 0 Å². The lowest BCUT2D eigenvalue weighted by Gasteiger charge is -2.32. The molecule has 1 saturated heterocycles. The van der Waals surface area contributed by atoms with E-state index >= 15 is 0 Å². The highest BCUT2D eigenvalue weighted by molar-refractivity contribution is 5.76. The van der Waals surface area contributed by atoms with E-state index in [2.05, 4.69) is 22.5 Å². The third-order valence-corrected chi connectivity index (χ3v) is 3.51. The van der Waals surface area contributed by atoms with Crippen molar-refractivity contribution in [2.24, 2.45) is 0 Å². The van der Waals surface area contributed by atoms with Crippen LogP contribution in [-0.4, -0.2) is 43.0 Å². The van der Waals surface area contributed by atoms with Gasteiger partial charge in [0.15, 0.2) is 0 Å². The van der Waals surface area contributed by atoms with Crippen LogP contribution in [0.25, 0.3) is 0 Å². The van der Waals surface area contributed by atoms with E-state index in [-0.39, 0.29) is 5.91 Å². The van der Waals surface area contributed by atoms with E-state index in [1.165, 1.54) is 0 Å². The molecular weight excluding hydrogens is 242 g/mol. The lowest BCUT2D eigenvalue weighted by atomic mass is 10.1. The van der Waals surface area contributed by atoms with Crippen molar-refractivity contribution in [3.8, 4) is 0 Å². The minimum Gasteiger partial charge on any atom is -0.465 e. The molecule has 5 nitrogen and oxygen atoms in total. The summed E-state index contributed by atoms with van der Waals surface area (Å²) in [6, 6.07) is 4.10. The lowest BCUT2D eigenvalue weighted by Crippen LogP contribution is -2.48. The number of piperazine rings is 1. The van der Waals surface area contributed by atoms with Gasteiger partial charge in [0.1, 0.15) is 11.5 Å². The Labute approximate surface area is 114 Å². The summed E-state index contributed by atoms with van der Waals surface area (Å²) in [7, 11) is 0. The molecule has 0 aromatic carbocycles. The molecule has 1 atom stereocenters. The Kier molecular flexibility index (Phi) is 4.99. The molecule has 2 rings (SSSR count). The fourth-order valence-corrected chi connectivity index (χ4v) is 2.36. The van der Waals surface area contributed by atoms with Crippen LogP contribution in [-0.2, 0) is 11.3 Å². The number of rotatable bonds is 5. The fourth-order valence-electron chi connectivity index (χ4n) is 2.36. The second kappa shape index (κ2) is 6.73. The zero-order chi connectivity index (χ0) is 13.7. The molecule has 1 aliphatic rings. The van der Waals surface area contributed by atoms with Crippen LogP contribution in [0.4, 0.5) is 0 Å². The number of carbonyl (C=O) groups is 1. The van der Waals surface area contributed by atoms with Crippen molar-refractivity contribution in [3.63, 3.8) is 0 Å². The van der Waals surface area contributed by atoms with Crippen LogP contribution < -0.4 is 10.6 Å². The topological polar surface area (TPSA) is 57.5 Å². The summed E-state index contributed by atoms with van der Waals surface area (Å²) in [6.07, 6.45) is 0.541. The van der Waals surface area contributed by atoms with Gasteiger partial charge in [0, 0.05) is 38.6 Å². The highest BCUT2D eigenvalue weighted by Gasteiger charge is 2.18. The summed E-state index contributed by atoms with van der Waals surface area (Å²) in [6.45, 7) is 8.55. The van der Waals surface area contributed by atoms with Crippen LogP contribution in [0.3, 0.4) is 0 Å². The van der Waals surface area contributed by atoms with Crippen molar-refractivity contribution in [1.29, 1.82) is 0 Å². The molecule has 0 aliphatic carbocycles. The van der Waals surface area contributed by atoms with Crippen LogP contribution in [0, 0.1) is 6.92 Å². The van der Waals surface area contributed by atoms with Crippen molar-refractivity contribution in [2.75, 3.05) is 26.2 Å². The molecule has 0 saturated carbocycles. The van der Waals surface area contributed by atoms with E-state index in [9.17, 15) is 4.79 Å². The van der Waals surface area contributed by atoms with Crippen molar-refractivity contribution < 1.29 is 9.21 Å². The number of aryl methyl sites for hydroxylation is 1. The molecular formula is C14H23N3O2. The molecule has 0 bridgehead atoms. The van der Waals surface area contributed by atoms with E-state index in [0.717, 1.165) is 37.7 Å². The summed E-state index contributed by atoms with van der Waals surface area (Å²) in [4.78, 5) is 14.2. The second-order valence-electron chi connectivity index (χ2n) is 5.13. The summed E-state index contributed by atoms with van der Waals surface area (Å²) in [5, 5.41) is 6.22. The van der Waals surface area contributed by atoms with Gasteiger partial charge >= 0.3 is 0 Å². The van der Waals surface area contributed by atoms with Gasteiger partial charge in [-0.25, -0.2) is 0 Å². The van der Waals surface area contributed by atoms with Crippen LogP contribution in [0.1, 0.15) is 24.9 Å². The van der Waals surface area contributed by atoms with Crippen molar-refractivity contribution >= 4 is 5.91 Å². The summed E-state index contributed by atoms with van der Waals surface area (Å²) >= 11 is 0. The van der Waals surface area contributed by atoms with Gasteiger partial charge in [0.25, 0.3) is 0 Å². The minimum atomic E-state index is 0.0834. The van der Waals surface area contributed by atoms with Gasteiger partial charge in [-0.1, -0.05) is 0 Å². The van der Waals surface area contributed by atoms with Gasteiger partial charge in [-0.3, -0.25) is 9.69 Å². The third kappa shape index (κ3) is 4.36. The molecule has 106 valence electrons. The van der Waals surface area contributed by atoms with E-state index < -0.39 is 0 Å². The summed E-state index contributed by atoms with van der Waals surface area (Å²) in [5.74, 6) is 1.76. The zero-order valence-electron chi connectivity index (χ0n) is 11.7. The Balaban J connectivity index is 1.71. The van der Waals surface area contributed by atoms with Crippen molar-refractivity contribution in [3.05, 3.63) is 23.7 Å². The van der Waals surface area contributed by atoms with Gasteiger partial charge < -0.3 is 15.1 Å². The Bertz CT molecular complexity index is 411. The monoisotopic (exact) mass is 265 g/mol. The van der Waals surface area contributed by atoms with E-state index in [1.54, 1.807) is 0 Å². The molecule has 0 radical (unpaired) electrons. The number of hydrogen-bond donors (Lipinski definition) is 2. The highest BCUT2D eigenvalue weighted by Crippen LogP contribution is 2.07. The normalized spacial score (nSPS) is 18.2. The first-order valence-electron chi connectivity index (χ1n) is 6.92. The molecule has 1 fully saturated rings. The largest absolute Gasteiger partial charge is 0.465 e. The van der Waals surface area contributed by atoms with Gasteiger partial charge in [0.05, 0.1) is 6.54 Å². The average Bonchev–Trinajstić information content (AvgIpc) is 2.83. The van der Waals surface area contributed by atoms with E-state index in [0.29, 0.717) is 19.0 Å². The van der Waals surface area contributed by atoms with E-state index in [1.807, 2.05) is 19.1 Å². The van der Waals surface area contributed by atoms with Crippen LogP contribution in [0.5, 0.6) is 0 Å². The number of furan rings is 1. The number of amides is 1. The third-order valence-electron chi connectivity index (χ3n) is 3.51. The smallest absolute Gasteiger partial charge is 0.221 e. The van der Waals surface area contributed by atoms with Gasteiger partial charge in [-0.2, -0.15) is 0 Å². The van der Waals surface area contributed by atoms with Crippen LogP contribution >= 0.6 is 0 Å². The van der Waals surface area contributed by atoms with Gasteiger partial charge in [-0.15, -0.1) is 0 Å². The first-order chi connectivity index (χ1) is 9.15. The Morgan fingerprint density at radius 1 is 1.47 bits per heavy atom. The molecule has 2 N–H and O–H groups in total.